The molecule has 0 aliphatic rings. The van der Waals surface area contributed by atoms with Crippen molar-refractivity contribution in [1.82, 2.24) is 0 Å². The molecule has 0 aliphatic heterocycles. The molecule has 0 bridgehead atoms. The quantitative estimate of drug-likeness (QED) is 0.567. The molecular formula is C11H12O6S. The Hall–Kier alpha value is -1.70. The van der Waals surface area contributed by atoms with Crippen LogP contribution in [-0.2, 0) is 9.59 Å². The van der Waals surface area contributed by atoms with E-state index in [-0.39, 0.29) is 0 Å². The number of carboxylic acids is 2. The normalized spacial score (nSPS) is 14.6. The van der Waals surface area contributed by atoms with Gasteiger partial charge in [-0.15, -0.1) is 11.3 Å². The Balaban J connectivity index is 2.72. The first-order valence-electron chi connectivity index (χ1n) is 4.97. The molecule has 18 heavy (non-hydrogen) atoms. The number of hydrogen-bond acceptors (Lipinski definition) is 5. The highest BCUT2D eigenvalue weighted by molar-refractivity contribution is 7.11. The molecule has 0 aliphatic carbocycles. The summed E-state index contributed by atoms with van der Waals surface area (Å²) in [5, 5.41) is 37.6. The lowest BCUT2D eigenvalue weighted by Crippen LogP contribution is -2.21. The molecule has 1 heterocycles. The van der Waals surface area contributed by atoms with E-state index in [1.165, 1.54) is 28.9 Å². The van der Waals surface area contributed by atoms with Crippen molar-refractivity contribution in [2.75, 3.05) is 0 Å². The summed E-state index contributed by atoms with van der Waals surface area (Å²) in [4.78, 5) is 21.3. The van der Waals surface area contributed by atoms with Crippen molar-refractivity contribution in [3.63, 3.8) is 0 Å². The number of carbonyl (C=O) groups is 2. The molecule has 7 heteroatoms. The predicted octanol–water partition coefficient (Wildman–Crippen LogP) is 0.715. The largest absolute Gasteiger partial charge is 0.481 e. The van der Waals surface area contributed by atoms with E-state index in [0.717, 1.165) is 6.08 Å². The van der Waals surface area contributed by atoms with Crippen molar-refractivity contribution in [2.45, 2.75) is 18.6 Å². The van der Waals surface area contributed by atoms with Gasteiger partial charge in [0.05, 0.1) is 12.5 Å². The summed E-state index contributed by atoms with van der Waals surface area (Å²) >= 11 is 1.19. The van der Waals surface area contributed by atoms with Gasteiger partial charge in [-0.3, -0.25) is 4.79 Å². The Morgan fingerprint density at radius 1 is 1.33 bits per heavy atom. The zero-order chi connectivity index (χ0) is 13.7. The minimum absolute atomic E-state index is 0.360. The first-order chi connectivity index (χ1) is 8.40. The third kappa shape index (κ3) is 4.28. The molecule has 0 saturated heterocycles. The second-order valence-electron chi connectivity index (χ2n) is 3.56. The smallest absolute Gasteiger partial charge is 0.328 e. The zero-order valence-electron chi connectivity index (χ0n) is 9.18. The molecular weight excluding hydrogens is 260 g/mol. The maximum absolute atomic E-state index is 10.4. The molecule has 6 nitrogen and oxygen atoms in total. The summed E-state index contributed by atoms with van der Waals surface area (Å²) < 4.78 is 0. The fraction of sp³-hybridized carbons (Fsp3) is 0.273. The van der Waals surface area contributed by atoms with Crippen LogP contribution in [0.3, 0.4) is 0 Å². The third-order valence-corrected chi connectivity index (χ3v) is 3.04. The summed E-state index contributed by atoms with van der Waals surface area (Å²) in [6.45, 7) is 0. The van der Waals surface area contributed by atoms with Crippen molar-refractivity contribution in [2.24, 2.45) is 0 Å². The molecule has 1 rings (SSSR count). The van der Waals surface area contributed by atoms with Crippen molar-refractivity contribution < 1.29 is 30.0 Å². The molecule has 0 spiro atoms. The third-order valence-electron chi connectivity index (χ3n) is 2.12. The SMILES string of the molecule is O=C(O)/C=C/c1cc(C(O)C(O)CC(=O)O)cs1. The Bertz CT molecular complexity index is 464. The van der Waals surface area contributed by atoms with Gasteiger partial charge >= 0.3 is 11.9 Å². The molecule has 98 valence electrons. The fourth-order valence-corrected chi connectivity index (χ4v) is 2.11. The van der Waals surface area contributed by atoms with Crippen molar-refractivity contribution in [1.29, 1.82) is 0 Å². The van der Waals surface area contributed by atoms with Crippen LogP contribution in [0.4, 0.5) is 0 Å². The van der Waals surface area contributed by atoms with Crippen molar-refractivity contribution in [3.8, 4) is 0 Å². The van der Waals surface area contributed by atoms with Gasteiger partial charge in [0.25, 0.3) is 0 Å². The molecule has 0 amide bonds. The molecule has 2 unspecified atom stereocenters. The van der Waals surface area contributed by atoms with E-state index >= 15 is 0 Å². The number of aliphatic hydroxyl groups is 2. The zero-order valence-corrected chi connectivity index (χ0v) is 10.0. The van der Waals surface area contributed by atoms with Gasteiger partial charge in [0.1, 0.15) is 6.10 Å². The number of aliphatic carboxylic acids is 2. The molecule has 1 aromatic rings. The highest BCUT2D eigenvalue weighted by atomic mass is 32.1. The van der Waals surface area contributed by atoms with Gasteiger partial charge in [-0.25, -0.2) is 4.79 Å². The Labute approximate surface area is 106 Å². The van der Waals surface area contributed by atoms with E-state index in [0.29, 0.717) is 10.4 Å². The lowest BCUT2D eigenvalue weighted by molar-refractivity contribution is -0.141. The van der Waals surface area contributed by atoms with Crippen LogP contribution in [0.15, 0.2) is 17.5 Å². The summed E-state index contributed by atoms with van der Waals surface area (Å²) in [6, 6.07) is 1.50. The highest BCUT2D eigenvalue weighted by Crippen LogP contribution is 2.25. The molecule has 2 atom stereocenters. The predicted molar refractivity (Wildman–Crippen MR) is 64.2 cm³/mol. The minimum Gasteiger partial charge on any atom is -0.481 e. The van der Waals surface area contributed by atoms with Crippen LogP contribution in [0.5, 0.6) is 0 Å². The van der Waals surface area contributed by atoms with Crippen LogP contribution in [-0.4, -0.2) is 38.5 Å². The monoisotopic (exact) mass is 272 g/mol. The molecule has 0 aromatic carbocycles. The summed E-state index contributed by atoms with van der Waals surface area (Å²) in [5.74, 6) is -2.29. The topological polar surface area (TPSA) is 115 Å². The Morgan fingerprint density at radius 3 is 2.56 bits per heavy atom. The number of thiophene rings is 1. The lowest BCUT2D eigenvalue weighted by Gasteiger charge is -2.14. The number of rotatable bonds is 6. The van der Waals surface area contributed by atoms with Gasteiger partial charge < -0.3 is 20.4 Å². The van der Waals surface area contributed by atoms with E-state index in [2.05, 4.69) is 0 Å². The molecule has 1 aromatic heterocycles. The minimum atomic E-state index is -1.39. The van der Waals surface area contributed by atoms with Gasteiger partial charge in [0, 0.05) is 11.0 Å². The molecule has 4 N–H and O–H groups in total. The summed E-state index contributed by atoms with van der Waals surface area (Å²) in [6.07, 6.45) is -0.947. The van der Waals surface area contributed by atoms with E-state index in [4.69, 9.17) is 10.2 Å². The maximum Gasteiger partial charge on any atom is 0.328 e. The number of hydrogen-bond donors (Lipinski definition) is 4. The highest BCUT2D eigenvalue weighted by Gasteiger charge is 2.21. The Morgan fingerprint density at radius 2 is 2.00 bits per heavy atom. The Kier molecular flexibility index (Phi) is 5.02. The second-order valence-corrected chi connectivity index (χ2v) is 4.51. The fourth-order valence-electron chi connectivity index (χ4n) is 1.28. The maximum atomic E-state index is 10.4. The van der Waals surface area contributed by atoms with Crippen LogP contribution in [0.1, 0.15) is 23.0 Å². The van der Waals surface area contributed by atoms with Crippen LogP contribution in [0.25, 0.3) is 6.08 Å². The lowest BCUT2D eigenvalue weighted by atomic mass is 10.1. The number of aliphatic hydroxyl groups excluding tert-OH is 2. The van der Waals surface area contributed by atoms with Gasteiger partial charge in [0.2, 0.25) is 0 Å². The van der Waals surface area contributed by atoms with E-state index in [1.54, 1.807) is 0 Å². The number of carboxylic acid groups (broad SMARTS) is 2. The average molecular weight is 272 g/mol. The molecule has 0 radical (unpaired) electrons. The van der Waals surface area contributed by atoms with Crippen LogP contribution < -0.4 is 0 Å². The van der Waals surface area contributed by atoms with Crippen molar-refractivity contribution in [3.05, 3.63) is 28.0 Å². The first kappa shape index (κ1) is 14.4. The first-order valence-corrected chi connectivity index (χ1v) is 5.85. The average Bonchev–Trinajstić information content (AvgIpc) is 2.72. The molecule has 0 fully saturated rings. The van der Waals surface area contributed by atoms with E-state index in [9.17, 15) is 19.8 Å². The van der Waals surface area contributed by atoms with E-state index in [1.807, 2.05) is 0 Å². The van der Waals surface area contributed by atoms with Crippen LogP contribution >= 0.6 is 11.3 Å². The van der Waals surface area contributed by atoms with E-state index < -0.39 is 30.6 Å². The summed E-state index contributed by atoms with van der Waals surface area (Å²) in [7, 11) is 0. The second kappa shape index (κ2) is 6.29. The van der Waals surface area contributed by atoms with Crippen LogP contribution in [0.2, 0.25) is 0 Å². The van der Waals surface area contributed by atoms with Gasteiger partial charge in [-0.2, -0.15) is 0 Å². The standard InChI is InChI=1S/C11H12O6S/c12-8(4-10(15)16)11(17)6-3-7(18-5-6)1-2-9(13)14/h1-3,5,8,11-12,17H,4H2,(H,13,14)(H,15,16)/b2-1+. The van der Waals surface area contributed by atoms with Gasteiger partial charge in [-0.1, -0.05) is 0 Å². The molecule has 0 saturated carbocycles. The summed E-state index contributed by atoms with van der Waals surface area (Å²) in [5.41, 5.74) is 0.360. The van der Waals surface area contributed by atoms with Gasteiger partial charge in [0.15, 0.2) is 0 Å². The van der Waals surface area contributed by atoms with Crippen molar-refractivity contribution >= 4 is 29.4 Å². The van der Waals surface area contributed by atoms with Gasteiger partial charge in [-0.05, 0) is 23.1 Å². The van der Waals surface area contributed by atoms with Crippen LogP contribution in [0, 0.1) is 0 Å².